The van der Waals surface area contributed by atoms with Crippen molar-refractivity contribution >= 4 is 36.1 Å². The van der Waals surface area contributed by atoms with Crippen molar-refractivity contribution in [3.63, 3.8) is 0 Å². The Morgan fingerprint density at radius 3 is 2.32 bits per heavy atom. The summed E-state index contributed by atoms with van der Waals surface area (Å²) in [6.45, 7) is 0.443. The maximum atomic E-state index is 13.7. The topological polar surface area (TPSA) is 70.7 Å². The summed E-state index contributed by atoms with van der Waals surface area (Å²) in [5, 5.41) is 5.42. The van der Waals surface area contributed by atoms with Gasteiger partial charge in [-0.3, -0.25) is 4.79 Å². The highest BCUT2D eigenvalue weighted by Gasteiger charge is 2.13. The van der Waals surface area contributed by atoms with E-state index in [1.807, 2.05) is 24.3 Å². The predicted octanol–water partition coefficient (Wildman–Crippen LogP) is 4.69. The maximum absolute atomic E-state index is 13.7. The molecular weight excluding hydrogens is 417 g/mol. The number of nitrogens with one attached hydrogen (secondary N) is 2. The van der Waals surface area contributed by atoms with Gasteiger partial charge in [-0.2, -0.15) is 0 Å². The molecule has 0 heterocycles. The van der Waals surface area contributed by atoms with Crippen molar-refractivity contribution in [1.82, 2.24) is 5.32 Å². The number of ether oxygens (including phenoxy) is 1. The van der Waals surface area contributed by atoms with Crippen LogP contribution in [0.5, 0.6) is 5.75 Å². The smallest absolute Gasteiger partial charge is 0.331 e. The number of urea groups is 1. The van der Waals surface area contributed by atoms with E-state index in [2.05, 4.69) is 23.4 Å². The van der Waals surface area contributed by atoms with E-state index >= 15 is 0 Å². The van der Waals surface area contributed by atoms with Crippen LogP contribution in [0.2, 0.25) is 0 Å². The van der Waals surface area contributed by atoms with Crippen LogP contribution < -0.4 is 19.7 Å². The van der Waals surface area contributed by atoms with Crippen molar-refractivity contribution < 1.29 is 18.7 Å². The van der Waals surface area contributed by atoms with E-state index in [4.69, 9.17) is 4.74 Å². The summed E-state index contributed by atoms with van der Waals surface area (Å²) in [4.78, 5) is 24.5. The first kappa shape index (κ1) is 22.2. The Hall–Kier alpha value is -3.52. The zero-order valence-electron chi connectivity index (χ0n) is 16.8. The predicted molar refractivity (Wildman–Crippen MR) is 122 cm³/mol. The molecule has 0 bridgehead atoms. The molecule has 0 aliphatic rings. The van der Waals surface area contributed by atoms with Crippen LogP contribution in [0, 0.1) is 5.82 Å². The van der Waals surface area contributed by atoms with Gasteiger partial charge < -0.3 is 15.4 Å². The maximum Gasteiger partial charge on any atom is 0.331 e. The van der Waals surface area contributed by atoms with Crippen LogP contribution in [-0.2, 0) is 6.42 Å². The number of thiol groups is 1. The number of carbonyl (C=O) groups is 2. The van der Waals surface area contributed by atoms with Crippen LogP contribution in [0.1, 0.15) is 15.9 Å². The molecule has 3 rings (SSSR count). The number of hydrogen-bond donors (Lipinski definition) is 3. The molecule has 0 fully saturated rings. The number of halogens is 1. The standard InChI is InChI=1S/C23H22FN3O3S/c1-30-19-12-6-16(7-13-19)14-15-25-23(29)27(31)18-10-8-17(9-11-18)26-22(28)20-4-2-3-5-21(20)24/h2-13,31H,14-15H2,1H3,(H,25,29)(H,26,28). The molecule has 0 aliphatic heterocycles. The van der Waals surface area contributed by atoms with Crippen LogP contribution in [0.4, 0.5) is 20.6 Å². The zero-order valence-corrected chi connectivity index (χ0v) is 17.7. The summed E-state index contributed by atoms with van der Waals surface area (Å²) in [5.41, 5.74) is 2.02. The van der Waals surface area contributed by atoms with Gasteiger partial charge in [-0.05, 0) is 60.5 Å². The van der Waals surface area contributed by atoms with Crippen molar-refractivity contribution in [2.75, 3.05) is 23.3 Å². The first-order valence-corrected chi connectivity index (χ1v) is 9.93. The molecule has 0 unspecified atom stereocenters. The molecule has 3 aromatic rings. The van der Waals surface area contributed by atoms with Crippen molar-refractivity contribution in [2.24, 2.45) is 0 Å². The monoisotopic (exact) mass is 439 g/mol. The quantitative estimate of drug-likeness (QED) is 0.468. The number of nitrogens with zero attached hydrogens (tertiary/aromatic N) is 1. The Labute approximate surface area is 185 Å². The summed E-state index contributed by atoms with van der Waals surface area (Å²) in [6.07, 6.45) is 0.665. The molecule has 0 aromatic heterocycles. The minimum Gasteiger partial charge on any atom is -0.497 e. The highest BCUT2D eigenvalue weighted by Crippen LogP contribution is 2.20. The third kappa shape index (κ3) is 5.99. The number of methoxy groups -OCH3 is 1. The van der Waals surface area contributed by atoms with E-state index in [0.29, 0.717) is 24.3 Å². The Morgan fingerprint density at radius 2 is 1.68 bits per heavy atom. The van der Waals surface area contributed by atoms with Gasteiger partial charge in [0.05, 0.1) is 18.4 Å². The zero-order chi connectivity index (χ0) is 22.2. The van der Waals surface area contributed by atoms with Gasteiger partial charge in [0.15, 0.2) is 0 Å². The second-order valence-electron chi connectivity index (χ2n) is 6.62. The number of anilines is 2. The molecule has 0 spiro atoms. The average Bonchev–Trinajstić information content (AvgIpc) is 2.79. The van der Waals surface area contributed by atoms with Crippen LogP contribution in [0.15, 0.2) is 72.8 Å². The fraction of sp³-hybridized carbons (Fsp3) is 0.130. The van der Waals surface area contributed by atoms with Gasteiger partial charge in [-0.15, -0.1) is 0 Å². The van der Waals surface area contributed by atoms with E-state index in [1.54, 1.807) is 37.4 Å². The first-order valence-electron chi connectivity index (χ1n) is 9.53. The van der Waals surface area contributed by atoms with E-state index < -0.39 is 11.7 Å². The minimum absolute atomic E-state index is 0.0429. The van der Waals surface area contributed by atoms with Gasteiger partial charge in [0.2, 0.25) is 0 Å². The number of rotatable bonds is 7. The van der Waals surface area contributed by atoms with Gasteiger partial charge in [0.1, 0.15) is 11.6 Å². The van der Waals surface area contributed by atoms with E-state index in [9.17, 15) is 14.0 Å². The number of hydrogen-bond acceptors (Lipinski definition) is 4. The van der Waals surface area contributed by atoms with Crippen LogP contribution >= 0.6 is 12.8 Å². The molecule has 8 heteroatoms. The fourth-order valence-electron chi connectivity index (χ4n) is 2.83. The molecule has 3 amide bonds. The lowest BCUT2D eigenvalue weighted by Crippen LogP contribution is -2.35. The lowest BCUT2D eigenvalue weighted by molar-refractivity contribution is 0.102. The Balaban J connectivity index is 1.51. The van der Waals surface area contributed by atoms with E-state index in [0.717, 1.165) is 11.3 Å². The molecule has 3 aromatic carbocycles. The van der Waals surface area contributed by atoms with Gasteiger partial charge >= 0.3 is 6.03 Å². The largest absolute Gasteiger partial charge is 0.497 e. The molecule has 0 radical (unpaired) electrons. The third-order valence-electron chi connectivity index (χ3n) is 4.53. The van der Waals surface area contributed by atoms with Crippen LogP contribution in [-0.4, -0.2) is 25.6 Å². The Kier molecular flexibility index (Phi) is 7.50. The van der Waals surface area contributed by atoms with Crippen molar-refractivity contribution in [3.8, 4) is 5.75 Å². The molecule has 0 atom stereocenters. The second-order valence-corrected chi connectivity index (χ2v) is 7.02. The molecule has 2 N–H and O–H groups in total. The summed E-state index contributed by atoms with van der Waals surface area (Å²) >= 11 is 4.24. The normalized spacial score (nSPS) is 10.3. The fourth-order valence-corrected chi connectivity index (χ4v) is 3.03. The third-order valence-corrected chi connectivity index (χ3v) is 4.94. The lowest BCUT2D eigenvalue weighted by atomic mass is 10.1. The van der Waals surface area contributed by atoms with Gasteiger partial charge in [0, 0.05) is 12.2 Å². The molecule has 160 valence electrons. The average molecular weight is 440 g/mol. The molecule has 6 nitrogen and oxygen atoms in total. The molecular formula is C23H22FN3O3S. The van der Waals surface area contributed by atoms with Gasteiger partial charge in [-0.1, -0.05) is 37.1 Å². The van der Waals surface area contributed by atoms with E-state index in [-0.39, 0.29) is 11.6 Å². The number of amides is 3. The first-order chi connectivity index (χ1) is 15.0. The lowest BCUT2D eigenvalue weighted by Gasteiger charge is -2.17. The molecule has 0 aliphatic carbocycles. The second kappa shape index (κ2) is 10.5. The van der Waals surface area contributed by atoms with Crippen molar-refractivity contribution in [2.45, 2.75) is 6.42 Å². The van der Waals surface area contributed by atoms with Crippen molar-refractivity contribution in [1.29, 1.82) is 0 Å². The molecule has 0 saturated carbocycles. The SMILES string of the molecule is COc1ccc(CCNC(=O)N(S)c2ccc(NC(=O)c3ccccc3F)cc2)cc1. The highest BCUT2D eigenvalue weighted by molar-refractivity contribution is 7.82. The minimum atomic E-state index is -0.593. The Bertz CT molecular complexity index is 1040. The summed E-state index contributed by atoms with van der Waals surface area (Å²) in [6, 6.07) is 19.5. The molecule has 31 heavy (non-hydrogen) atoms. The van der Waals surface area contributed by atoms with Crippen LogP contribution in [0.3, 0.4) is 0 Å². The Morgan fingerprint density at radius 1 is 1.00 bits per heavy atom. The van der Waals surface area contributed by atoms with Gasteiger partial charge in [0.25, 0.3) is 5.91 Å². The highest BCUT2D eigenvalue weighted by atomic mass is 32.1. The van der Waals surface area contributed by atoms with Gasteiger partial charge in [-0.25, -0.2) is 13.5 Å². The number of benzene rings is 3. The summed E-state index contributed by atoms with van der Waals surface area (Å²) in [5.74, 6) is -0.364. The van der Waals surface area contributed by atoms with Crippen LogP contribution in [0.25, 0.3) is 0 Å². The molecule has 0 saturated heterocycles. The summed E-state index contributed by atoms with van der Waals surface area (Å²) < 4.78 is 20.0. The van der Waals surface area contributed by atoms with Crippen molar-refractivity contribution in [3.05, 3.63) is 89.7 Å². The number of carbonyl (C=O) groups excluding carboxylic acids is 2. The summed E-state index contributed by atoms with van der Waals surface area (Å²) in [7, 11) is 1.61. The van der Waals surface area contributed by atoms with E-state index in [1.165, 1.54) is 22.5 Å².